The number of hydrogen-bond acceptors (Lipinski definition) is 2. The van der Waals surface area contributed by atoms with Crippen LogP contribution in [0.15, 0.2) is 29.4 Å². The maximum Gasteiger partial charge on any atom is 0.0375 e. The molecule has 1 unspecified atom stereocenters. The summed E-state index contributed by atoms with van der Waals surface area (Å²) >= 11 is 0. The molecule has 1 N–H and O–H groups in total. The van der Waals surface area contributed by atoms with Gasteiger partial charge in [0, 0.05) is 24.4 Å². The van der Waals surface area contributed by atoms with Gasteiger partial charge in [0.25, 0.3) is 0 Å². The van der Waals surface area contributed by atoms with Crippen LogP contribution < -0.4 is 5.32 Å². The van der Waals surface area contributed by atoms with Crippen molar-refractivity contribution in [2.45, 2.75) is 19.8 Å². The summed E-state index contributed by atoms with van der Waals surface area (Å²) < 4.78 is 0. The molecule has 1 atom stereocenters. The van der Waals surface area contributed by atoms with Gasteiger partial charge in [-0.1, -0.05) is 12.7 Å². The second-order valence-electron chi connectivity index (χ2n) is 3.34. The number of allylic oxidation sites excluding steroid dienone is 2. The smallest absolute Gasteiger partial charge is 0.0375 e. The van der Waals surface area contributed by atoms with Gasteiger partial charge in [0.1, 0.15) is 0 Å². The maximum absolute atomic E-state index is 4.29. The fourth-order valence-electron chi connectivity index (χ4n) is 1.47. The van der Waals surface area contributed by atoms with Gasteiger partial charge in [-0.05, 0) is 32.4 Å². The predicted molar refractivity (Wildman–Crippen MR) is 58.0 cm³/mol. The van der Waals surface area contributed by atoms with Crippen molar-refractivity contribution in [1.29, 1.82) is 0 Å². The third kappa shape index (κ3) is 3.55. The first-order valence-corrected chi connectivity index (χ1v) is 4.89. The fourth-order valence-corrected chi connectivity index (χ4v) is 1.47. The van der Waals surface area contributed by atoms with E-state index in [0.29, 0.717) is 5.92 Å². The first-order chi connectivity index (χ1) is 6.34. The zero-order chi connectivity index (χ0) is 9.52. The molecule has 0 aliphatic carbocycles. The molecule has 0 aromatic rings. The molecule has 1 rings (SSSR count). The Hall–Kier alpha value is -0.890. The van der Waals surface area contributed by atoms with E-state index in [1.165, 1.54) is 12.8 Å². The molecule has 0 aromatic carbocycles. The van der Waals surface area contributed by atoms with Crippen molar-refractivity contribution in [2.75, 3.05) is 13.1 Å². The largest absolute Gasteiger partial charge is 0.316 e. The third-order valence-electron chi connectivity index (χ3n) is 2.29. The number of aliphatic imine (C=N–C) groups is 1. The Bertz CT molecular complexity index is 210. The summed E-state index contributed by atoms with van der Waals surface area (Å²) in [5.41, 5.74) is 1.00. The van der Waals surface area contributed by atoms with E-state index in [1.807, 2.05) is 25.3 Å². The fraction of sp³-hybridized carbons (Fsp3) is 0.545. The minimum atomic E-state index is 0.537. The van der Waals surface area contributed by atoms with Crippen LogP contribution in [-0.4, -0.2) is 19.3 Å². The van der Waals surface area contributed by atoms with E-state index >= 15 is 0 Å². The molecule has 1 saturated heterocycles. The summed E-state index contributed by atoms with van der Waals surface area (Å²) in [6.45, 7) is 8.14. The third-order valence-corrected chi connectivity index (χ3v) is 2.29. The lowest BCUT2D eigenvalue weighted by Gasteiger charge is -2.22. The molecule has 1 aliphatic heterocycles. The zero-order valence-corrected chi connectivity index (χ0v) is 8.29. The van der Waals surface area contributed by atoms with Gasteiger partial charge in [0.15, 0.2) is 0 Å². The van der Waals surface area contributed by atoms with Crippen molar-refractivity contribution in [3.63, 3.8) is 0 Å². The van der Waals surface area contributed by atoms with Crippen molar-refractivity contribution < 1.29 is 0 Å². The second kappa shape index (κ2) is 5.70. The molecule has 1 heterocycles. The van der Waals surface area contributed by atoms with Crippen LogP contribution in [-0.2, 0) is 0 Å². The summed E-state index contributed by atoms with van der Waals surface area (Å²) in [6.07, 6.45) is 8.18. The summed E-state index contributed by atoms with van der Waals surface area (Å²) in [7, 11) is 0. The lowest BCUT2D eigenvalue weighted by atomic mass is 9.97. The molecule has 0 bridgehead atoms. The molecule has 0 amide bonds. The van der Waals surface area contributed by atoms with Gasteiger partial charge < -0.3 is 5.32 Å². The Morgan fingerprint density at radius 1 is 1.62 bits per heavy atom. The summed E-state index contributed by atoms with van der Waals surface area (Å²) in [5.74, 6) is 0.537. The van der Waals surface area contributed by atoms with E-state index in [0.717, 1.165) is 18.8 Å². The summed E-state index contributed by atoms with van der Waals surface area (Å²) in [4.78, 5) is 4.29. The van der Waals surface area contributed by atoms with Gasteiger partial charge in [0.05, 0.1) is 0 Å². The van der Waals surface area contributed by atoms with Crippen molar-refractivity contribution >= 4 is 6.21 Å². The van der Waals surface area contributed by atoms with Crippen LogP contribution in [0, 0.1) is 5.92 Å². The van der Waals surface area contributed by atoms with Crippen LogP contribution in [0.4, 0.5) is 0 Å². The Morgan fingerprint density at radius 3 is 3.08 bits per heavy atom. The highest BCUT2D eigenvalue weighted by Gasteiger charge is 2.14. The van der Waals surface area contributed by atoms with Gasteiger partial charge in [-0.2, -0.15) is 0 Å². The van der Waals surface area contributed by atoms with E-state index in [-0.39, 0.29) is 0 Å². The highest BCUT2D eigenvalue weighted by Crippen LogP contribution is 2.18. The quantitative estimate of drug-likeness (QED) is 0.658. The van der Waals surface area contributed by atoms with Crippen LogP contribution in [0.2, 0.25) is 0 Å². The molecule has 0 saturated carbocycles. The lowest BCUT2D eigenvalue weighted by molar-refractivity contribution is 0.421. The Kier molecular flexibility index (Phi) is 4.47. The van der Waals surface area contributed by atoms with E-state index in [2.05, 4.69) is 16.9 Å². The highest BCUT2D eigenvalue weighted by molar-refractivity contribution is 5.71. The summed E-state index contributed by atoms with van der Waals surface area (Å²) in [6, 6.07) is 0. The maximum atomic E-state index is 4.29. The minimum Gasteiger partial charge on any atom is -0.316 e. The lowest BCUT2D eigenvalue weighted by Crippen LogP contribution is -2.30. The molecular formula is C11H18N2. The van der Waals surface area contributed by atoms with E-state index < -0.39 is 0 Å². The summed E-state index contributed by atoms with van der Waals surface area (Å²) in [5, 5.41) is 3.35. The van der Waals surface area contributed by atoms with E-state index in [9.17, 15) is 0 Å². The van der Waals surface area contributed by atoms with Gasteiger partial charge in [-0.3, -0.25) is 4.99 Å². The average Bonchev–Trinajstić information content (AvgIpc) is 2.19. The van der Waals surface area contributed by atoms with Crippen molar-refractivity contribution in [3.8, 4) is 0 Å². The monoisotopic (exact) mass is 178 g/mol. The molecule has 1 aliphatic rings. The molecular weight excluding hydrogens is 160 g/mol. The molecule has 0 radical (unpaired) electrons. The Morgan fingerprint density at radius 2 is 2.46 bits per heavy atom. The standard InChI is InChI=1S/C11H18N2/c1-3-4-8-13-10(2)11-6-5-7-12-9-11/h3-4,8,11-12H,2,5-7,9H2,1H3/b4-3-,13-8?. The normalized spacial score (nSPS) is 24.2. The molecule has 0 aromatic heterocycles. The van der Waals surface area contributed by atoms with Crippen molar-refractivity contribution in [1.82, 2.24) is 5.32 Å². The van der Waals surface area contributed by atoms with E-state index in [1.54, 1.807) is 0 Å². The van der Waals surface area contributed by atoms with Crippen LogP contribution in [0.1, 0.15) is 19.8 Å². The first-order valence-electron chi connectivity index (χ1n) is 4.89. The van der Waals surface area contributed by atoms with Crippen LogP contribution in [0.25, 0.3) is 0 Å². The minimum absolute atomic E-state index is 0.537. The Labute approximate surface area is 80.4 Å². The van der Waals surface area contributed by atoms with Crippen molar-refractivity contribution in [2.24, 2.45) is 10.9 Å². The number of hydrogen-bond donors (Lipinski definition) is 1. The van der Waals surface area contributed by atoms with Gasteiger partial charge >= 0.3 is 0 Å². The van der Waals surface area contributed by atoms with Gasteiger partial charge in [0.2, 0.25) is 0 Å². The number of nitrogens with zero attached hydrogens (tertiary/aromatic N) is 1. The molecule has 0 spiro atoms. The van der Waals surface area contributed by atoms with E-state index in [4.69, 9.17) is 0 Å². The van der Waals surface area contributed by atoms with Crippen LogP contribution in [0.3, 0.4) is 0 Å². The average molecular weight is 178 g/mol. The predicted octanol–water partition coefficient (Wildman–Crippen LogP) is 2.15. The number of piperidine rings is 1. The second-order valence-corrected chi connectivity index (χ2v) is 3.34. The number of rotatable bonds is 3. The molecule has 1 fully saturated rings. The van der Waals surface area contributed by atoms with Crippen LogP contribution in [0.5, 0.6) is 0 Å². The molecule has 2 heteroatoms. The van der Waals surface area contributed by atoms with Gasteiger partial charge in [-0.15, -0.1) is 0 Å². The highest BCUT2D eigenvalue weighted by atomic mass is 14.9. The topological polar surface area (TPSA) is 24.4 Å². The SMILES string of the molecule is C=C(N=C/C=C\C)C1CCCNC1. The molecule has 2 nitrogen and oxygen atoms in total. The van der Waals surface area contributed by atoms with Crippen molar-refractivity contribution in [3.05, 3.63) is 24.4 Å². The Balaban J connectivity index is 2.37. The molecule has 13 heavy (non-hydrogen) atoms. The number of nitrogens with one attached hydrogen (secondary N) is 1. The van der Waals surface area contributed by atoms with Gasteiger partial charge in [-0.25, -0.2) is 0 Å². The molecule has 72 valence electrons. The van der Waals surface area contributed by atoms with Crippen LogP contribution >= 0.6 is 0 Å². The first kappa shape index (κ1) is 10.2. The zero-order valence-electron chi connectivity index (χ0n) is 8.29.